The molecule has 1 atom stereocenters. The minimum atomic E-state index is -4.65. The maximum atomic E-state index is 13.3. The number of hydrazone groups is 1. The molecule has 0 radical (unpaired) electrons. The van der Waals surface area contributed by atoms with Crippen LogP contribution in [0.1, 0.15) is 33.6 Å². The van der Waals surface area contributed by atoms with Crippen LogP contribution in [0.2, 0.25) is 0 Å². The minimum absolute atomic E-state index is 0.0373. The predicted octanol–water partition coefficient (Wildman–Crippen LogP) is 5.69. The number of alkyl halides is 3. The summed E-state index contributed by atoms with van der Waals surface area (Å²) in [5.74, 6) is -3.89. The van der Waals surface area contributed by atoms with E-state index in [4.69, 9.17) is 0 Å². The molecule has 0 aromatic rings. The number of rotatable bonds is 9. The highest BCUT2D eigenvalue weighted by Gasteiger charge is 2.35. The van der Waals surface area contributed by atoms with Gasteiger partial charge in [0.15, 0.2) is 5.84 Å². The molecule has 170 valence electrons. The zero-order chi connectivity index (χ0) is 23.9. The van der Waals surface area contributed by atoms with Crippen LogP contribution >= 0.6 is 0 Å². The summed E-state index contributed by atoms with van der Waals surface area (Å²) in [5, 5.41) is 6.66. The number of nitrogens with zero attached hydrogens (tertiary/aromatic N) is 3. The predicted molar refractivity (Wildman–Crippen MR) is 111 cm³/mol. The molecular formula is C21H25F5N4O. The number of carbonyl (C=O) groups excluding carboxylic acids is 1. The van der Waals surface area contributed by atoms with Crippen LogP contribution in [0.5, 0.6) is 0 Å². The van der Waals surface area contributed by atoms with E-state index in [1.165, 1.54) is 19.1 Å². The molecule has 0 spiro atoms. The summed E-state index contributed by atoms with van der Waals surface area (Å²) in [6.45, 7) is 13.4. The Labute approximate surface area is 178 Å². The van der Waals surface area contributed by atoms with E-state index in [0.717, 1.165) is 37.9 Å². The Morgan fingerprint density at radius 2 is 1.81 bits per heavy atom. The highest BCUT2D eigenvalue weighted by atomic mass is 19.4. The number of carbonyl (C=O) groups is 1. The summed E-state index contributed by atoms with van der Waals surface area (Å²) in [6.07, 6.45) is 0.531. The van der Waals surface area contributed by atoms with E-state index in [9.17, 15) is 26.7 Å². The van der Waals surface area contributed by atoms with Crippen molar-refractivity contribution in [2.75, 3.05) is 0 Å². The number of halogens is 5. The minimum Gasteiger partial charge on any atom is -0.321 e. The molecule has 1 aliphatic rings. The lowest BCUT2D eigenvalue weighted by atomic mass is 10.1. The van der Waals surface area contributed by atoms with Gasteiger partial charge >= 0.3 is 6.18 Å². The van der Waals surface area contributed by atoms with Gasteiger partial charge in [-0.2, -0.15) is 18.3 Å². The van der Waals surface area contributed by atoms with Crippen LogP contribution in [0, 0.1) is 11.8 Å². The van der Waals surface area contributed by atoms with Gasteiger partial charge in [-0.3, -0.25) is 4.79 Å². The normalized spacial score (nSPS) is 17.2. The summed E-state index contributed by atoms with van der Waals surface area (Å²) in [5.41, 5.74) is -1.47. The Kier molecular flexibility index (Phi) is 9.08. The van der Waals surface area contributed by atoms with E-state index in [-0.39, 0.29) is 11.8 Å². The molecule has 1 saturated carbocycles. The van der Waals surface area contributed by atoms with E-state index in [0.29, 0.717) is 5.70 Å². The third kappa shape index (κ3) is 7.95. The van der Waals surface area contributed by atoms with E-state index >= 15 is 0 Å². The van der Waals surface area contributed by atoms with Crippen LogP contribution in [-0.2, 0) is 4.79 Å². The second-order valence-electron chi connectivity index (χ2n) is 6.88. The molecule has 1 N–H and O–H groups in total. The second-order valence-corrected chi connectivity index (χ2v) is 6.88. The quantitative estimate of drug-likeness (QED) is 0.163. The molecular weight excluding hydrogens is 419 g/mol. The molecule has 0 saturated heterocycles. The summed E-state index contributed by atoms with van der Waals surface area (Å²) < 4.78 is 65.7. The Morgan fingerprint density at radius 3 is 2.23 bits per heavy atom. The second kappa shape index (κ2) is 10.8. The maximum Gasteiger partial charge on any atom is 0.430 e. The van der Waals surface area contributed by atoms with Crippen molar-refractivity contribution in [3.05, 3.63) is 61.1 Å². The summed E-state index contributed by atoms with van der Waals surface area (Å²) in [6, 6.07) is 0. The van der Waals surface area contributed by atoms with Crippen molar-refractivity contribution in [2.24, 2.45) is 21.9 Å². The number of nitrogens with one attached hydrogen (secondary N) is 1. The lowest BCUT2D eigenvalue weighted by Gasteiger charge is -2.23. The van der Waals surface area contributed by atoms with Crippen molar-refractivity contribution in [3.8, 4) is 0 Å². The van der Waals surface area contributed by atoms with Crippen LogP contribution in [0.4, 0.5) is 22.0 Å². The SMILES string of the molecule is C=C/N=C(\C=C/C(C)C(=O)N/C(C(=C)F)=C(/C)F)N(/N=C(\C)C(F)(F)F)C(=C)C1CC1. The van der Waals surface area contributed by atoms with E-state index in [1.807, 2.05) is 0 Å². The van der Waals surface area contributed by atoms with Crippen molar-refractivity contribution in [2.45, 2.75) is 39.8 Å². The average Bonchev–Trinajstić information content (AvgIpc) is 3.50. The number of aliphatic imine (C=N–C) groups is 1. The fourth-order valence-electron chi connectivity index (χ4n) is 2.22. The molecule has 1 fully saturated rings. The van der Waals surface area contributed by atoms with E-state index < -0.39 is 41.1 Å². The van der Waals surface area contributed by atoms with Gasteiger partial charge in [0.2, 0.25) is 5.91 Å². The van der Waals surface area contributed by atoms with E-state index in [2.05, 4.69) is 35.1 Å². The molecule has 1 aliphatic carbocycles. The van der Waals surface area contributed by atoms with Gasteiger partial charge in [0, 0.05) is 17.8 Å². The Morgan fingerprint density at radius 1 is 1.23 bits per heavy atom. The van der Waals surface area contributed by atoms with Gasteiger partial charge in [-0.25, -0.2) is 18.8 Å². The molecule has 31 heavy (non-hydrogen) atoms. The fourth-order valence-corrected chi connectivity index (χ4v) is 2.22. The molecule has 0 aromatic heterocycles. The van der Waals surface area contributed by atoms with Crippen LogP contribution in [-0.4, -0.2) is 28.6 Å². The van der Waals surface area contributed by atoms with Crippen LogP contribution in [0.15, 0.2) is 71.2 Å². The molecule has 1 unspecified atom stereocenters. The topological polar surface area (TPSA) is 57.1 Å². The molecule has 5 nitrogen and oxygen atoms in total. The summed E-state index contributed by atoms with van der Waals surface area (Å²) in [4.78, 5) is 16.2. The zero-order valence-corrected chi connectivity index (χ0v) is 17.6. The van der Waals surface area contributed by atoms with Crippen molar-refractivity contribution in [3.63, 3.8) is 0 Å². The van der Waals surface area contributed by atoms with Crippen molar-refractivity contribution >= 4 is 17.5 Å². The number of amidine groups is 1. The number of hydrogen-bond donors (Lipinski definition) is 1. The largest absolute Gasteiger partial charge is 0.430 e. The molecule has 1 amide bonds. The first kappa shape index (κ1) is 26.0. The smallest absolute Gasteiger partial charge is 0.321 e. The number of amides is 1. The summed E-state index contributed by atoms with van der Waals surface area (Å²) >= 11 is 0. The monoisotopic (exact) mass is 444 g/mol. The molecule has 0 heterocycles. The van der Waals surface area contributed by atoms with E-state index in [1.54, 1.807) is 0 Å². The standard InChI is InChI=1S/C21H25F5N4O/c1-7-27-18(11-8-12(2)20(31)28-19(13(3)22)14(4)23)30(15(5)17-9-10-17)29-16(6)21(24,25)26/h7-8,11-12,17H,1,3,5,9-10H2,2,4,6H3,(H,28,31)/b11-8-,19-14-,27-18+,29-16+. The molecule has 0 bridgehead atoms. The van der Waals surface area contributed by atoms with Gasteiger partial charge in [-0.15, -0.1) is 0 Å². The van der Waals surface area contributed by atoms with Gasteiger partial charge < -0.3 is 5.32 Å². The first-order valence-corrected chi connectivity index (χ1v) is 9.29. The first-order valence-electron chi connectivity index (χ1n) is 9.29. The van der Waals surface area contributed by atoms with Gasteiger partial charge in [-0.05, 0) is 32.8 Å². The van der Waals surface area contributed by atoms with Crippen LogP contribution in [0.25, 0.3) is 0 Å². The van der Waals surface area contributed by atoms with Gasteiger partial charge in [-0.1, -0.05) is 32.7 Å². The zero-order valence-electron chi connectivity index (χ0n) is 17.6. The van der Waals surface area contributed by atoms with Gasteiger partial charge in [0.05, 0.1) is 5.92 Å². The van der Waals surface area contributed by atoms with Gasteiger partial charge in [0.1, 0.15) is 23.1 Å². The number of hydrogen-bond acceptors (Lipinski definition) is 3. The third-order valence-corrected chi connectivity index (χ3v) is 4.23. The summed E-state index contributed by atoms with van der Waals surface area (Å²) in [7, 11) is 0. The Balaban J connectivity index is 3.18. The molecule has 10 heteroatoms. The highest BCUT2D eigenvalue weighted by Crippen LogP contribution is 2.38. The lowest BCUT2D eigenvalue weighted by molar-refractivity contribution is -0.122. The molecule has 1 rings (SSSR count). The van der Waals surface area contributed by atoms with Crippen LogP contribution < -0.4 is 5.32 Å². The Bertz CT molecular complexity index is 859. The lowest BCUT2D eigenvalue weighted by Crippen LogP contribution is -2.31. The maximum absolute atomic E-state index is 13.3. The third-order valence-electron chi connectivity index (χ3n) is 4.23. The van der Waals surface area contributed by atoms with Crippen LogP contribution in [0.3, 0.4) is 0 Å². The first-order chi connectivity index (χ1) is 14.3. The molecule has 0 aromatic carbocycles. The fraction of sp³-hybridized carbons (Fsp3) is 0.381. The average molecular weight is 444 g/mol. The Hall–Kier alpha value is -3.04. The van der Waals surface area contributed by atoms with Gasteiger partial charge in [0.25, 0.3) is 0 Å². The van der Waals surface area contributed by atoms with Crippen molar-refractivity contribution < 1.29 is 26.7 Å². The van der Waals surface area contributed by atoms with Crippen molar-refractivity contribution in [1.29, 1.82) is 0 Å². The highest BCUT2D eigenvalue weighted by molar-refractivity contribution is 5.97. The number of allylic oxidation sites excluding steroid dienone is 3. The molecule has 0 aliphatic heterocycles. The van der Waals surface area contributed by atoms with Crippen molar-refractivity contribution in [1.82, 2.24) is 10.3 Å².